The highest BCUT2D eigenvalue weighted by Crippen LogP contribution is 2.18. The molecule has 1 atom stereocenters. The average Bonchev–Trinajstić information content (AvgIpc) is 2.62. The SMILES string of the molecule is CCN(Cc1cc(Br)ccc1F)C(=O)[C@H](C)NS(=O)(=O)c1ccccc1. The molecule has 0 fully saturated rings. The van der Waals surface area contributed by atoms with Crippen LogP contribution in [0.25, 0.3) is 0 Å². The maximum absolute atomic E-state index is 14.0. The van der Waals surface area contributed by atoms with Gasteiger partial charge < -0.3 is 4.90 Å². The van der Waals surface area contributed by atoms with Gasteiger partial charge in [-0.25, -0.2) is 12.8 Å². The molecule has 0 bridgehead atoms. The number of halogens is 2. The number of hydrogen-bond acceptors (Lipinski definition) is 3. The van der Waals surface area contributed by atoms with Crippen molar-refractivity contribution in [3.05, 3.63) is 64.4 Å². The number of nitrogens with zero attached hydrogens (tertiary/aromatic N) is 1. The van der Waals surface area contributed by atoms with Crippen LogP contribution in [0.3, 0.4) is 0 Å². The number of nitrogens with one attached hydrogen (secondary N) is 1. The van der Waals surface area contributed by atoms with Crippen molar-refractivity contribution >= 4 is 31.9 Å². The van der Waals surface area contributed by atoms with E-state index < -0.39 is 27.8 Å². The predicted octanol–water partition coefficient (Wildman–Crippen LogP) is 3.30. The van der Waals surface area contributed by atoms with Gasteiger partial charge in [-0.15, -0.1) is 0 Å². The maximum Gasteiger partial charge on any atom is 0.241 e. The van der Waals surface area contributed by atoms with Crippen molar-refractivity contribution in [1.82, 2.24) is 9.62 Å². The van der Waals surface area contributed by atoms with E-state index in [1.165, 1.54) is 30.0 Å². The highest BCUT2D eigenvalue weighted by atomic mass is 79.9. The molecule has 2 aromatic carbocycles. The molecule has 2 aromatic rings. The Morgan fingerprint density at radius 3 is 2.50 bits per heavy atom. The molecule has 2 rings (SSSR count). The minimum atomic E-state index is -3.81. The highest BCUT2D eigenvalue weighted by molar-refractivity contribution is 9.10. The molecular formula is C18H20BrFN2O3S. The summed E-state index contributed by atoms with van der Waals surface area (Å²) in [5.74, 6) is -0.844. The Labute approximate surface area is 161 Å². The predicted molar refractivity (Wildman–Crippen MR) is 101 cm³/mol. The van der Waals surface area contributed by atoms with Crippen LogP contribution in [0.2, 0.25) is 0 Å². The van der Waals surface area contributed by atoms with Gasteiger partial charge in [0.2, 0.25) is 15.9 Å². The van der Waals surface area contributed by atoms with Crippen LogP contribution in [0.15, 0.2) is 57.9 Å². The number of benzene rings is 2. The van der Waals surface area contributed by atoms with E-state index >= 15 is 0 Å². The van der Waals surface area contributed by atoms with Gasteiger partial charge in [-0.2, -0.15) is 4.72 Å². The summed E-state index contributed by atoms with van der Waals surface area (Å²) in [6.45, 7) is 3.61. The Bertz CT molecular complexity index is 875. The van der Waals surface area contributed by atoms with Gasteiger partial charge in [0.25, 0.3) is 0 Å². The lowest BCUT2D eigenvalue weighted by molar-refractivity contribution is -0.133. The van der Waals surface area contributed by atoms with E-state index in [1.807, 2.05) is 0 Å². The molecule has 0 unspecified atom stereocenters. The van der Waals surface area contributed by atoms with E-state index in [4.69, 9.17) is 0 Å². The van der Waals surface area contributed by atoms with Crippen LogP contribution < -0.4 is 4.72 Å². The van der Waals surface area contributed by atoms with Gasteiger partial charge in [-0.05, 0) is 44.2 Å². The number of carbonyl (C=O) groups excluding carboxylic acids is 1. The van der Waals surface area contributed by atoms with Crippen LogP contribution in [-0.2, 0) is 21.4 Å². The molecule has 1 amide bonds. The second-order valence-electron chi connectivity index (χ2n) is 5.74. The van der Waals surface area contributed by atoms with Gasteiger partial charge in [-0.1, -0.05) is 34.1 Å². The Hall–Kier alpha value is -1.77. The molecular weight excluding hydrogens is 423 g/mol. The number of rotatable bonds is 7. The van der Waals surface area contributed by atoms with E-state index in [2.05, 4.69) is 20.7 Å². The van der Waals surface area contributed by atoms with Crippen LogP contribution >= 0.6 is 15.9 Å². The summed E-state index contributed by atoms with van der Waals surface area (Å²) in [5, 5.41) is 0. The van der Waals surface area contributed by atoms with Gasteiger partial charge in [0.15, 0.2) is 0 Å². The summed E-state index contributed by atoms with van der Waals surface area (Å²) in [4.78, 5) is 14.1. The first-order valence-corrected chi connectivity index (χ1v) is 10.3. The van der Waals surface area contributed by atoms with Crippen molar-refractivity contribution in [3.63, 3.8) is 0 Å². The van der Waals surface area contributed by atoms with Gasteiger partial charge in [-0.3, -0.25) is 4.79 Å². The van der Waals surface area contributed by atoms with Crippen LogP contribution in [0.5, 0.6) is 0 Å². The summed E-state index contributed by atoms with van der Waals surface area (Å²) < 4.78 is 41.8. The highest BCUT2D eigenvalue weighted by Gasteiger charge is 2.25. The Morgan fingerprint density at radius 2 is 1.88 bits per heavy atom. The van der Waals surface area contributed by atoms with Gasteiger partial charge in [0, 0.05) is 23.1 Å². The molecule has 0 aliphatic carbocycles. The fourth-order valence-corrected chi connectivity index (χ4v) is 4.07. The third kappa shape index (κ3) is 5.12. The number of likely N-dealkylation sites (N-methyl/N-ethyl adjacent to an activating group) is 1. The zero-order valence-electron chi connectivity index (χ0n) is 14.4. The second-order valence-corrected chi connectivity index (χ2v) is 8.37. The van der Waals surface area contributed by atoms with E-state index in [9.17, 15) is 17.6 Å². The fraction of sp³-hybridized carbons (Fsp3) is 0.278. The Morgan fingerprint density at radius 1 is 1.23 bits per heavy atom. The monoisotopic (exact) mass is 442 g/mol. The van der Waals surface area contributed by atoms with Crippen molar-refractivity contribution in [2.45, 2.75) is 31.3 Å². The third-order valence-corrected chi connectivity index (χ3v) is 5.87. The average molecular weight is 443 g/mol. The second kappa shape index (κ2) is 8.75. The molecule has 0 aliphatic rings. The lowest BCUT2D eigenvalue weighted by atomic mass is 10.2. The normalized spacial score (nSPS) is 12.6. The summed E-state index contributed by atoms with van der Waals surface area (Å²) in [6, 6.07) is 11.3. The molecule has 0 aromatic heterocycles. The largest absolute Gasteiger partial charge is 0.337 e. The smallest absolute Gasteiger partial charge is 0.241 e. The van der Waals surface area contributed by atoms with E-state index in [0.717, 1.165) is 0 Å². The summed E-state index contributed by atoms with van der Waals surface area (Å²) in [7, 11) is -3.81. The summed E-state index contributed by atoms with van der Waals surface area (Å²) in [6.07, 6.45) is 0. The lowest BCUT2D eigenvalue weighted by Gasteiger charge is -2.25. The molecule has 0 spiro atoms. The van der Waals surface area contributed by atoms with Crippen LogP contribution in [0.4, 0.5) is 4.39 Å². The zero-order valence-corrected chi connectivity index (χ0v) is 16.8. The fourth-order valence-electron chi connectivity index (χ4n) is 2.44. The van der Waals surface area contributed by atoms with Crippen molar-refractivity contribution in [1.29, 1.82) is 0 Å². The first kappa shape index (κ1) is 20.5. The van der Waals surface area contributed by atoms with Crippen molar-refractivity contribution < 1.29 is 17.6 Å². The van der Waals surface area contributed by atoms with E-state index in [0.29, 0.717) is 16.6 Å². The molecule has 0 saturated heterocycles. The standard InChI is InChI=1S/C18H20BrFN2O3S/c1-3-22(12-14-11-15(19)9-10-17(14)20)18(23)13(2)21-26(24,25)16-7-5-4-6-8-16/h4-11,13,21H,3,12H2,1-2H3/t13-/m0/s1. The first-order chi connectivity index (χ1) is 12.2. The van der Waals surface area contributed by atoms with Crippen molar-refractivity contribution in [2.75, 3.05) is 6.54 Å². The van der Waals surface area contributed by atoms with Gasteiger partial charge in [0.1, 0.15) is 5.82 Å². The molecule has 0 saturated carbocycles. The van der Waals surface area contributed by atoms with Crippen LogP contribution in [0.1, 0.15) is 19.4 Å². The maximum atomic E-state index is 14.0. The molecule has 5 nitrogen and oxygen atoms in total. The topological polar surface area (TPSA) is 66.5 Å². The number of sulfonamides is 1. The van der Waals surface area contributed by atoms with Crippen molar-refractivity contribution in [3.8, 4) is 0 Å². The Kier molecular flexibility index (Phi) is 6.91. The summed E-state index contributed by atoms with van der Waals surface area (Å²) >= 11 is 3.28. The quantitative estimate of drug-likeness (QED) is 0.714. The first-order valence-electron chi connectivity index (χ1n) is 8.04. The minimum absolute atomic E-state index is 0.0536. The Balaban J connectivity index is 2.13. The molecule has 140 valence electrons. The van der Waals surface area contributed by atoms with Crippen molar-refractivity contribution in [2.24, 2.45) is 0 Å². The van der Waals surface area contributed by atoms with Crippen LogP contribution in [0, 0.1) is 5.82 Å². The number of amides is 1. The minimum Gasteiger partial charge on any atom is -0.337 e. The lowest BCUT2D eigenvalue weighted by Crippen LogP contribution is -2.46. The van der Waals surface area contributed by atoms with Gasteiger partial charge in [0.05, 0.1) is 10.9 Å². The third-order valence-electron chi connectivity index (χ3n) is 3.82. The molecule has 26 heavy (non-hydrogen) atoms. The van der Waals surface area contributed by atoms with E-state index in [-0.39, 0.29) is 11.4 Å². The molecule has 0 aliphatic heterocycles. The van der Waals surface area contributed by atoms with Crippen LogP contribution in [-0.4, -0.2) is 31.8 Å². The van der Waals surface area contributed by atoms with E-state index in [1.54, 1.807) is 37.3 Å². The zero-order chi connectivity index (χ0) is 19.3. The summed E-state index contributed by atoms with van der Waals surface area (Å²) in [5.41, 5.74) is 0.354. The number of hydrogen-bond donors (Lipinski definition) is 1. The molecule has 8 heteroatoms. The van der Waals surface area contributed by atoms with Gasteiger partial charge >= 0.3 is 0 Å². The molecule has 0 heterocycles. The molecule has 0 radical (unpaired) electrons. The molecule has 1 N–H and O–H groups in total. The number of carbonyl (C=O) groups is 1.